The Morgan fingerprint density at radius 1 is 0.966 bits per heavy atom. The minimum Gasteiger partial charge on any atom is -0.338 e. The summed E-state index contributed by atoms with van der Waals surface area (Å²) in [6.07, 6.45) is 0. The predicted molar refractivity (Wildman–Crippen MR) is 114 cm³/mol. The first-order valence-corrected chi connectivity index (χ1v) is 11.3. The topological polar surface area (TPSA) is 62.5 Å². The van der Waals surface area contributed by atoms with Gasteiger partial charge in [-0.15, -0.1) is 0 Å². The van der Waals surface area contributed by atoms with Gasteiger partial charge in [0.25, 0.3) is 0 Å². The maximum absolute atomic E-state index is 12.4. The van der Waals surface area contributed by atoms with Crippen LogP contribution < -0.4 is 0 Å². The molecule has 1 fully saturated rings. The van der Waals surface area contributed by atoms with Gasteiger partial charge < -0.3 is 4.52 Å². The smallest absolute Gasteiger partial charge is 0.241 e. The maximum atomic E-state index is 12.4. The summed E-state index contributed by atoms with van der Waals surface area (Å²) in [5.74, 6) is 1.97. The van der Waals surface area contributed by atoms with Crippen molar-refractivity contribution in [1.82, 2.24) is 19.9 Å². The third-order valence-electron chi connectivity index (χ3n) is 5.20. The molecule has 6 nitrogen and oxygen atoms in total. The van der Waals surface area contributed by atoms with E-state index >= 15 is 0 Å². The van der Waals surface area contributed by atoms with Gasteiger partial charge in [0, 0.05) is 48.9 Å². The molecule has 1 aliphatic heterocycles. The van der Waals surface area contributed by atoms with Crippen molar-refractivity contribution in [2.24, 2.45) is 0 Å². The molecule has 0 aliphatic carbocycles. The van der Waals surface area contributed by atoms with E-state index in [0.29, 0.717) is 24.0 Å². The molecule has 1 saturated heterocycles. The van der Waals surface area contributed by atoms with Crippen LogP contribution in [0.5, 0.6) is 0 Å². The van der Waals surface area contributed by atoms with Gasteiger partial charge in [-0.2, -0.15) is 4.98 Å². The van der Waals surface area contributed by atoms with Crippen molar-refractivity contribution < 1.29 is 8.73 Å². The average molecular weight is 411 g/mol. The van der Waals surface area contributed by atoms with E-state index in [1.165, 1.54) is 5.56 Å². The van der Waals surface area contributed by atoms with Crippen LogP contribution in [0.4, 0.5) is 0 Å². The quantitative estimate of drug-likeness (QED) is 0.597. The van der Waals surface area contributed by atoms with E-state index < -0.39 is 10.8 Å². The first-order chi connectivity index (χ1) is 14.2. The zero-order valence-electron chi connectivity index (χ0n) is 16.7. The fraction of sp³-hybridized carbons (Fsp3) is 0.364. The normalized spacial score (nSPS) is 16.7. The van der Waals surface area contributed by atoms with Crippen LogP contribution in [0.2, 0.25) is 0 Å². The third kappa shape index (κ3) is 5.38. The molecule has 7 heteroatoms. The van der Waals surface area contributed by atoms with E-state index in [0.717, 1.165) is 43.2 Å². The minimum atomic E-state index is -0.931. The summed E-state index contributed by atoms with van der Waals surface area (Å²) in [7, 11) is -0.931. The van der Waals surface area contributed by atoms with Gasteiger partial charge in [-0.05, 0) is 19.1 Å². The molecule has 1 atom stereocenters. The van der Waals surface area contributed by atoms with Crippen LogP contribution in [-0.4, -0.2) is 62.6 Å². The first-order valence-electron chi connectivity index (χ1n) is 9.95. The molecule has 1 aliphatic rings. The lowest BCUT2D eigenvalue weighted by atomic mass is 10.1. The molecule has 4 rings (SSSR count). The number of piperazine rings is 1. The van der Waals surface area contributed by atoms with Crippen molar-refractivity contribution in [3.05, 3.63) is 66.1 Å². The zero-order valence-corrected chi connectivity index (χ0v) is 17.5. The lowest BCUT2D eigenvalue weighted by Crippen LogP contribution is -2.46. The molecule has 0 spiro atoms. The number of nitrogens with zero attached hydrogens (tertiary/aromatic N) is 4. The lowest BCUT2D eigenvalue weighted by molar-refractivity contribution is 0.121. The van der Waals surface area contributed by atoms with Gasteiger partial charge in [-0.1, -0.05) is 53.2 Å². The Balaban J connectivity index is 1.23. The number of hydrogen-bond donors (Lipinski definition) is 0. The molecule has 3 aromatic rings. The lowest BCUT2D eigenvalue weighted by Gasteiger charge is -2.33. The van der Waals surface area contributed by atoms with Crippen LogP contribution in [0, 0.1) is 6.92 Å². The first kappa shape index (κ1) is 19.9. The summed E-state index contributed by atoms with van der Waals surface area (Å²) in [4.78, 5) is 10.2. The molecule has 0 amide bonds. The second-order valence-corrected chi connectivity index (χ2v) is 8.93. The molecule has 2 heterocycles. The Morgan fingerprint density at radius 2 is 1.66 bits per heavy atom. The van der Waals surface area contributed by atoms with Gasteiger partial charge in [-0.3, -0.25) is 14.0 Å². The number of aryl methyl sites for hydroxylation is 1. The number of aromatic nitrogens is 2. The molecule has 0 unspecified atom stereocenters. The molecular formula is C22H26N4O2S. The Hall–Kier alpha value is -2.35. The SMILES string of the molecule is Cc1ccc(-c2noc(CN3CCN(CC[S@@](=O)c4ccccc4)CC3)n2)cc1. The number of rotatable bonds is 7. The highest BCUT2D eigenvalue weighted by Crippen LogP contribution is 2.17. The second kappa shape index (κ2) is 9.43. The third-order valence-corrected chi connectivity index (χ3v) is 6.55. The highest BCUT2D eigenvalue weighted by atomic mass is 32.2. The zero-order chi connectivity index (χ0) is 20.1. The fourth-order valence-electron chi connectivity index (χ4n) is 3.40. The van der Waals surface area contributed by atoms with Crippen LogP contribution in [0.1, 0.15) is 11.5 Å². The molecule has 2 aromatic carbocycles. The summed E-state index contributed by atoms with van der Waals surface area (Å²) in [6.45, 7) is 7.40. The molecule has 0 saturated carbocycles. The standard InChI is InChI=1S/C22H26N4O2S/c1-18-7-9-19(10-8-18)22-23-21(28-24-22)17-26-13-11-25(12-14-26)15-16-29(27)20-5-3-2-4-6-20/h2-10H,11-17H2,1H3/t29-/m1/s1. The predicted octanol–water partition coefficient (Wildman–Crippen LogP) is 2.97. The molecule has 29 heavy (non-hydrogen) atoms. The van der Waals surface area contributed by atoms with Crippen molar-refractivity contribution in [2.45, 2.75) is 18.4 Å². The van der Waals surface area contributed by atoms with Crippen LogP contribution in [0.25, 0.3) is 11.4 Å². The van der Waals surface area contributed by atoms with Crippen molar-refractivity contribution in [1.29, 1.82) is 0 Å². The Bertz CT molecular complexity index is 935. The van der Waals surface area contributed by atoms with E-state index in [-0.39, 0.29) is 0 Å². The number of benzene rings is 2. The number of hydrogen-bond acceptors (Lipinski definition) is 6. The van der Waals surface area contributed by atoms with Gasteiger partial charge in [0.1, 0.15) is 0 Å². The van der Waals surface area contributed by atoms with E-state index in [2.05, 4.69) is 39.0 Å². The van der Waals surface area contributed by atoms with Gasteiger partial charge in [0.15, 0.2) is 0 Å². The van der Waals surface area contributed by atoms with Gasteiger partial charge >= 0.3 is 0 Å². The van der Waals surface area contributed by atoms with Gasteiger partial charge in [-0.25, -0.2) is 0 Å². The summed E-state index contributed by atoms with van der Waals surface area (Å²) in [5.41, 5.74) is 2.18. The Morgan fingerprint density at radius 3 is 2.38 bits per heavy atom. The van der Waals surface area contributed by atoms with Crippen LogP contribution in [0.15, 0.2) is 64.0 Å². The maximum Gasteiger partial charge on any atom is 0.241 e. The minimum absolute atomic E-state index is 0.641. The summed E-state index contributed by atoms with van der Waals surface area (Å²) in [6, 6.07) is 17.8. The van der Waals surface area contributed by atoms with E-state index in [1.54, 1.807) is 0 Å². The Kier molecular flexibility index (Phi) is 6.49. The average Bonchev–Trinajstić information content (AvgIpc) is 3.22. The van der Waals surface area contributed by atoms with Crippen molar-refractivity contribution in [3.8, 4) is 11.4 Å². The molecule has 0 radical (unpaired) electrons. The molecule has 152 valence electrons. The summed E-state index contributed by atoms with van der Waals surface area (Å²) < 4.78 is 17.8. The summed E-state index contributed by atoms with van der Waals surface area (Å²) >= 11 is 0. The van der Waals surface area contributed by atoms with Crippen LogP contribution >= 0.6 is 0 Å². The monoisotopic (exact) mass is 410 g/mol. The van der Waals surface area contributed by atoms with E-state index in [1.807, 2.05) is 42.5 Å². The van der Waals surface area contributed by atoms with E-state index in [9.17, 15) is 4.21 Å². The van der Waals surface area contributed by atoms with Crippen LogP contribution in [-0.2, 0) is 17.3 Å². The van der Waals surface area contributed by atoms with Gasteiger partial charge in [0.2, 0.25) is 11.7 Å². The van der Waals surface area contributed by atoms with Crippen molar-refractivity contribution in [3.63, 3.8) is 0 Å². The molecule has 0 N–H and O–H groups in total. The summed E-state index contributed by atoms with van der Waals surface area (Å²) in [5, 5.41) is 4.12. The van der Waals surface area contributed by atoms with Crippen molar-refractivity contribution >= 4 is 10.8 Å². The van der Waals surface area contributed by atoms with Crippen molar-refractivity contribution in [2.75, 3.05) is 38.5 Å². The molecular weight excluding hydrogens is 384 g/mol. The van der Waals surface area contributed by atoms with Gasteiger partial charge in [0.05, 0.1) is 17.3 Å². The molecule has 1 aromatic heterocycles. The molecule has 0 bridgehead atoms. The largest absolute Gasteiger partial charge is 0.338 e. The highest BCUT2D eigenvalue weighted by Gasteiger charge is 2.20. The van der Waals surface area contributed by atoms with Crippen LogP contribution in [0.3, 0.4) is 0 Å². The second-order valence-electron chi connectivity index (χ2n) is 7.36. The Labute approximate surface area is 174 Å². The fourth-order valence-corrected chi connectivity index (χ4v) is 4.52. The highest BCUT2D eigenvalue weighted by molar-refractivity contribution is 7.85. The van der Waals surface area contributed by atoms with E-state index in [4.69, 9.17) is 4.52 Å².